The van der Waals surface area contributed by atoms with Crippen molar-refractivity contribution in [2.24, 2.45) is 0 Å². The first kappa shape index (κ1) is 18.8. The van der Waals surface area contributed by atoms with E-state index in [0.29, 0.717) is 13.0 Å². The highest BCUT2D eigenvalue weighted by Gasteiger charge is 2.50. The fourth-order valence-corrected chi connectivity index (χ4v) is 2.69. The first-order valence-electron chi connectivity index (χ1n) is 8.37. The van der Waals surface area contributed by atoms with Crippen molar-refractivity contribution in [2.45, 2.75) is 38.2 Å². The van der Waals surface area contributed by atoms with Crippen LogP contribution in [-0.4, -0.2) is 34.9 Å². The SMILES string of the molecule is CCOC(=O)C/C=C/CC/C=C/CC1(O)C(=O)c2ccccc2C1=O. The van der Waals surface area contributed by atoms with E-state index in [1.165, 1.54) is 0 Å². The third-order valence-corrected chi connectivity index (χ3v) is 4.00. The van der Waals surface area contributed by atoms with Gasteiger partial charge in [-0.1, -0.05) is 48.6 Å². The van der Waals surface area contributed by atoms with E-state index in [0.717, 1.165) is 6.42 Å². The number of carbonyl (C=O) groups excluding carboxylic acids is 3. The number of hydrogen-bond acceptors (Lipinski definition) is 5. The van der Waals surface area contributed by atoms with Gasteiger partial charge in [-0.15, -0.1) is 0 Å². The van der Waals surface area contributed by atoms with E-state index < -0.39 is 17.2 Å². The molecule has 0 aliphatic heterocycles. The normalized spacial score (nSPS) is 15.9. The van der Waals surface area contributed by atoms with Crippen LogP contribution in [0.3, 0.4) is 0 Å². The summed E-state index contributed by atoms with van der Waals surface area (Å²) in [6, 6.07) is 6.47. The minimum atomic E-state index is -1.99. The number of hydrogen-bond donors (Lipinski definition) is 1. The number of unbranched alkanes of at least 4 members (excludes halogenated alkanes) is 1. The zero-order chi connectivity index (χ0) is 18.3. The lowest BCUT2D eigenvalue weighted by atomic mass is 9.93. The molecule has 0 unspecified atom stereocenters. The Morgan fingerprint density at radius 3 is 2.16 bits per heavy atom. The van der Waals surface area contributed by atoms with E-state index in [-0.39, 0.29) is 29.9 Å². The Morgan fingerprint density at radius 2 is 1.60 bits per heavy atom. The second-order valence-electron chi connectivity index (χ2n) is 5.80. The standard InChI is InChI=1S/C20H22O5/c1-2-25-17(21)13-7-5-3-4-6-10-14-20(24)18(22)15-11-8-9-12-16(15)19(20)23/h5-12,24H,2-4,13-14H2,1H3/b7-5+,10-6+. The lowest BCUT2D eigenvalue weighted by Crippen LogP contribution is -2.40. The Bertz CT molecular complexity index is 680. The number of allylic oxidation sites excluding steroid dienone is 2. The van der Waals surface area contributed by atoms with E-state index in [2.05, 4.69) is 0 Å². The van der Waals surface area contributed by atoms with Crippen molar-refractivity contribution in [3.05, 3.63) is 59.7 Å². The number of rotatable bonds is 8. The van der Waals surface area contributed by atoms with E-state index in [4.69, 9.17) is 4.74 Å². The van der Waals surface area contributed by atoms with Crippen LogP contribution in [0.25, 0.3) is 0 Å². The first-order valence-corrected chi connectivity index (χ1v) is 8.37. The minimum Gasteiger partial charge on any atom is -0.466 e. The number of fused-ring (bicyclic) bond motifs is 1. The van der Waals surface area contributed by atoms with Crippen molar-refractivity contribution in [3.63, 3.8) is 0 Å². The molecule has 1 aliphatic carbocycles. The predicted octanol–water partition coefficient (Wildman–Crippen LogP) is 3.03. The van der Waals surface area contributed by atoms with E-state index in [9.17, 15) is 19.5 Å². The van der Waals surface area contributed by atoms with Gasteiger partial charge in [0.15, 0.2) is 5.60 Å². The van der Waals surface area contributed by atoms with Gasteiger partial charge in [0.1, 0.15) is 0 Å². The Kier molecular flexibility index (Phi) is 6.42. The Labute approximate surface area is 147 Å². The molecule has 0 saturated carbocycles. The smallest absolute Gasteiger partial charge is 0.309 e. The van der Waals surface area contributed by atoms with E-state index >= 15 is 0 Å². The highest BCUT2D eigenvalue weighted by Crippen LogP contribution is 2.32. The number of esters is 1. The maximum absolute atomic E-state index is 12.3. The molecule has 0 heterocycles. The molecule has 5 nitrogen and oxygen atoms in total. The van der Waals surface area contributed by atoms with Crippen LogP contribution < -0.4 is 0 Å². The molecule has 1 aliphatic rings. The number of ether oxygens (including phenoxy) is 1. The lowest BCUT2D eigenvalue weighted by molar-refractivity contribution is -0.142. The molecule has 1 N–H and O–H groups in total. The molecule has 0 amide bonds. The maximum atomic E-state index is 12.3. The van der Waals surface area contributed by atoms with Crippen molar-refractivity contribution in [2.75, 3.05) is 6.61 Å². The van der Waals surface area contributed by atoms with Crippen molar-refractivity contribution in [1.29, 1.82) is 0 Å². The molecular formula is C20H22O5. The summed E-state index contributed by atoms with van der Waals surface area (Å²) in [5.74, 6) is -1.33. The summed E-state index contributed by atoms with van der Waals surface area (Å²) in [5, 5.41) is 10.5. The predicted molar refractivity (Wildman–Crippen MR) is 93.4 cm³/mol. The van der Waals surface area contributed by atoms with Gasteiger partial charge in [-0.05, 0) is 19.8 Å². The first-order chi connectivity index (χ1) is 12.0. The zero-order valence-corrected chi connectivity index (χ0v) is 14.2. The molecule has 0 saturated heterocycles. The second-order valence-corrected chi connectivity index (χ2v) is 5.80. The highest BCUT2D eigenvalue weighted by molar-refractivity contribution is 6.31. The number of aliphatic hydroxyl groups is 1. The molecule has 2 rings (SSSR count). The van der Waals surface area contributed by atoms with Crippen LogP contribution in [-0.2, 0) is 9.53 Å². The zero-order valence-electron chi connectivity index (χ0n) is 14.2. The van der Waals surface area contributed by atoms with Gasteiger partial charge in [0.25, 0.3) is 0 Å². The maximum Gasteiger partial charge on any atom is 0.309 e. The third kappa shape index (κ3) is 4.31. The molecule has 0 radical (unpaired) electrons. The average Bonchev–Trinajstić information content (AvgIpc) is 2.80. The van der Waals surface area contributed by atoms with Crippen LogP contribution in [0.4, 0.5) is 0 Å². The Morgan fingerprint density at radius 1 is 1.04 bits per heavy atom. The van der Waals surface area contributed by atoms with Gasteiger partial charge in [0.2, 0.25) is 11.6 Å². The fourth-order valence-electron chi connectivity index (χ4n) is 2.69. The summed E-state index contributed by atoms with van der Waals surface area (Å²) >= 11 is 0. The van der Waals surface area contributed by atoms with Crippen LogP contribution in [0.5, 0.6) is 0 Å². The van der Waals surface area contributed by atoms with Gasteiger partial charge >= 0.3 is 5.97 Å². The number of ketones is 2. The summed E-state index contributed by atoms with van der Waals surface area (Å²) in [4.78, 5) is 35.7. The summed E-state index contributed by atoms with van der Waals surface area (Å²) in [7, 11) is 0. The van der Waals surface area contributed by atoms with Gasteiger partial charge in [-0.25, -0.2) is 0 Å². The lowest BCUT2D eigenvalue weighted by Gasteiger charge is -2.16. The topological polar surface area (TPSA) is 80.7 Å². The third-order valence-electron chi connectivity index (χ3n) is 4.00. The molecule has 132 valence electrons. The molecule has 25 heavy (non-hydrogen) atoms. The monoisotopic (exact) mass is 342 g/mol. The van der Waals surface area contributed by atoms with Gasteiger partial charge in [-0.3, -0.25) is 14.4 Å². The van der Waals surface area contributed by atoms with Crippen LogP contribution in [0, 0.1) is 0 Å². The van der Waals surface area contributed by atoms with Crippen molar-refractivity contribution in [1.82, 2.24) is 0 Å². The average molecular weight is 342 g/mol. The minimum absolute atomic E-state index is 0.0358. The molecule has 5 heteroatoms. The largest absolute Gasteiger partial charge is 0.466 e. The molecule has 1 aromatic carbocycles. The van der Waals surface area contributed by atoms with Gasteiger partial charge in [-0.2, -0.15) is 0 Å². The van der Waals surface area contributed by atoms with Gasteiger partial charge < -0.3 is 9.84 Å². The Hall–Kier alpha value is -2.53. The molecular weight excluding hydrogens is 320 g/mol. The molecule has 0 bridgehead atoms. The molecule has 0 spiro atoms. The second kappa shape index (κ2) is 8.53. The van der Waals surface area contributed by atoms with Crippen molar-refractivity contribution >= 4 is 17.5 Å². The Balaban J connectivity index is 1.81. The number of benzene rings is 1. The summed E-state index contributed by atoms with van der Waals surface area (Å²) in [5.41, 5.74) is -1.42. The molecule has 0 atom stereocenters. The van der Waals surface area contributed by atoms with E-state index in [1.54, 1.807) is 43.3 Å². The molecule has 0 fully saturated rings. The summed E-state index contributed by atoms with van der Waals surface area (Å²) in [6.07, 6.45) is 8.71. The summed E-state index contributed by atoms with van der Waals surface area (Å²) in [6.45, 7) is 2.14. The van der Waals surface area contributed by atoms with Gasteiger partial charge in [0.05, 0.1) is 13.0 Å². The van der Waals surface area contributed by atoms with Crippen LogP contribution in [0.2, 0.25) is 0 Å². The quantitative estimate of drug-likeness (QED) is 0.340. The van der Waals surface area contributed by atoms with Crippen LogP contribution in [0.15, 0.2) is 48.6 Å². The van der Waals surface area contributed by atoms with Gasteiger partial charge in [0, 0.05) is 17.5 Å². The van der Waals surface area contributed by atoms with Crippen LogP contribution >= 0.6 is 0 Å². The molecule has 1 aromatic rings. The van der Waals surface area contributed by atoms with Crippen molar-refractivity contribution in [3.8, 4) is 0 Å². The van der Waals surface area contributed by atoms with E-state index in [1.807, 2.05) is 12.2 Å². The van der Waals surface area contributed by atoms with Crippen molar-refractivity contribution < 1.29 is 24.2 Å². The highest BCUT2D eigenvalue weighted by atomic mass is 16.5. The summed E-state index contributed by atoms with van der Waals surface area (Å²) < 4.78 is 4.81. The fraction of sp³-hybridized carbons (Fsp3) is 0.350. The molecule has 0 aromatic heterocycles. The van der Waals surface area contributed by atoms with Crippen LogP contribution in [0.1, 0.15) is 53.3 Å². The number of Topliss-reactive ketones (excluding diaryl/α,β-unsaturated/α-hetero) is 2. The number of carbonyl (C=O) groups is 3.